The Hall–Kier alpha value is -2.87. The minimum absolute atomic E-state index is 0.177. The molecule has 0 saturated heterocycles. The van der Waals surface area contributed by atoms with Crippen LogP contribution in [0.5, 0.6) is 0 Å². The summed E-state index contributed by atoms with van der Waals surface area (Å²) in [6, 6.07) is 11.7. The van der Waals surface area contributed by atoms with Crippen LogP contribution in [-0.2, 0) is 16.4 Å². The molecule has 1 amide bonds. The molecule has 0 bridgehead atoms. The minimum atomic E-state index is -3.88. The van der Waals surface area contributed by atoms with Gasteiger partial charge in [-0.25, -0.2) is 12.4 Å². The quantitative estimate of drug-likeness (QED) is 0.324. The minimum Gasteiger partial charge on any atom is -0.319 e. The molecule has 0 spiro atoms. The maximum Gasteiger partial charge on any atom is 0.268 e. The van der Waals surface area contributed by atoms with E-state index in [-0.39, 0.29) is 26.2 Å². The molecule has 0 aliphatic carbocycles. The summed E-state index contributed by atoms with van der Waals surface area (Å²) in [7, 11) is -3.88. The number of amides is 1. The zero-order valence-electron chi connectivity index (χ0n) is 18.8. The molecule has 0 atom stereocenters. The van der Waals surface area contributed by atoms with E-state index in [2.05, 4.69) is 24.1 Å². The molecule has 1 N–H and O–H groups in total. The number of nitrogens with one attached hydrogen (secondary N) is 1. The zero-order valence-corrected chi connectivity index (χ0v) is 21.2. The Bertz CT molecular complexity index is 1470. The lowest BCUT2D eigenvalue weighted by atomic mass is 10.0. The highest BCUT2D eigenvalue weighted by Crippen LogP contribution is 2.31. The summed E-state index contributed by atoms with van der Waals surface area (Å²) in [6.45, 7) is 6.04. The number of rotatable bonds is 6. The third-order valence-electron chi connectivity index (χ3n) is 5.41. The Morgan fingerprint density at radius 1 is 1.06 bits per heavy atom. The summed E-state index contributed by atoms with van der Waals surface area (Å²) < 4.78 is 28.3. The fraction of sp³-hybridized carbons (Fsp3) is 0.200. The summed E-state index contributed by atoms with van der Waals surface area (Å²) in [6.07, 6.45) is 5.10. The first-order valence-corrected chi connectivity index (χ1v) is 12.8. The number of benzene rings is 2. The van der Waals surface area contributed by atoms with Gasteiger partial charge in [-0.05, 0) is 49.1 Å². The molecule has 4 aromatic rings. The second-order valence-electron chi connectivity index (χ2n) is 8.53. The second-order valence-corrected chi connectivity index (χ2v) is 11.2. The summed E-state index contributed by atoms with van der Waals surface area (Å²) >= 11 is 12.3. The van der Waals surface area contributed by atoms with Gasteiger partial charge < -0.3 is 5.32 Å². The van der Waals surface area contributed by atoms with Crippen LogP contribution in [0.15, 0.2) is 66.0 Å². The molecular formula is C25H23Cl2N3O3S. The average molecular weight is 516 g/mol. The first-order valence-electron chi connectivity index (χ1n) is 10.6. The van der Waals surface area contributed by atoms with Gasteiger partial charge in [-0.3, -0.25) is 9.78 Å². The van der Waals surface area contributed by atoms with Crippen LogP contribution in [0, 0.1) is 12.8 Å². The van der Waals surface area contributed by atoms with Gasteiger partial charge in [-0.2, -0.15) is 0 Å². The Labute approximate surface area is 208 Å². The maximum absolute atomic E-state index is 13.5. The summed E-state index contributed by atoms with van der Waals surface area (Å²) in [4.78, 5) is 17.1. The van der Waals surface area contributed by atoms with Crippen LogP contribution in [0.1, 0.15) is 35.3 Å². The van der Waals surface area contributed by atoms with E-state index in [0.717, 1.165) is 16.5 Å². The zero-order chi connectivity index (χ0) is 24.6. The van der Waals surface area contributed by atoms with E-state index < -0.39 is 15.9 Å². The first-order chi connectivity index (χ1) is 16.1. The van der Waals surface area contributed by atoms with Crippen molar-refractivity contribution < 1.29 is 13.2 Å². The number of pyridine rings is 1. The van der Waals surface area contributed by atoms with E-state index in [1.165, 1.54) is 16.4 Å². The molecule has 0 saturated carbocycles. The molecule has 6 nitrogen and oxygen atoms in total. The highest BCUT2D eigenvalue weighted by atomic mass is 35.5. The van der Waals surface area contributed by atoms with Crippen molar-refractivity contribution >= 4 is 55.7 Å². The number of carbonyl (C=O) groups excluding carboxylic acids is 1. The molecule has 0 fully saturated rings. The molecule has 0 aliphatic rings. The van der Waals surface area contributed by atoms with Crippen molar-refractivity contribution in [2.24, 2.45) is 5.92 Å². The van der Waals surface area contributed by atoms with Crippen molar-refractivity contribution in [2.75, 3.05) is 5.32 Å². The molecule has 176 valence electrons. The Morgan fingerprint density at radius 2 is 1.71 bits per heavy atom. The lowest BCUT2D eigenvalue weighted by Crippen LogP contribution is -2.14. The van der Waals surface area contributed by atoms with Gasteiger partial charge in [0.25, 0.3) is 15.9 Å². The average Bonchev–Trinajstić information content (AvgIpc) is 3.14. The number of hydrogen-bond donors (Lipinski definition) is 1. The maximum atomic E-state index is 13.5. The molecular weight excluding hydrogens is 493 g/mol. The standard InChI is InChI=1S/C25H23Cl2N3O3S/c1-15(2)10-18-14-30(34(32,33)19-7-4-16(3)5-8-19)23-11-17(6-9-20(18)23)25(31)29-24-21(26)12-28-13-22(24)27/h4-9,11-15H,10H2,1-3H3,(H,28,29,31). The topological polar surface area (TPSA) is 81.1 Å². The molecule has 0 aliphatic heterocycles. The number of halogens is 2. The van der Waals surface area contributed by atoms with Gasteiger partial charge in [0.05, 0.1) is 26.1 Å². The van der Waals surface area contributed by atoms with E-state index in [4.69, 9.17) is 23.2 Å². The van der Waals surface area contributed by atoms with E-state index in [1.54, 1.807) is 48.7 Å². The highest BCUT2D eigenvalue weighted by Gasteiger charge is 2.23. The smallest absolute Gasteiger partial charge is 0.268 e. The van der Waals surface area contributed by atoms with E-state index in [9.17, 15) is 13.2 Å². The molecule has 0 unspecified atom stereocenters. The van der Waals surface area contributed by atoms with Crippen molar-refractivity contribution in [2.45, 2.75) is 32.1 Å². The Morgan fingerprint density at radius 3 is 2.32 bits per heavy atom. The highest BCUT2D eigenvalue weighted by molar-refractivity contribution is 7.90. The molecule has 2 aromatic carbocycles. The Balaban J connectivity index is 1.83. The monoisotopic (exact) mass is 515 g/mol. The second kappa shape index (κ2) is 9.41. The van der Waals surface area contributed by atoms with Crippen LogP contribution in [0.25, 0.3) is 10.9 Å². The molecule has 2 aromatic heterocycles. The van der Waals surface area contributed by atoms with Crippen molar-refractivity contribution in [3.8, 4) is 0 Å². The van der Waals surface area contributed by atoms with Gasteiger partial charge in [-0.1, -0.05) is 60.8 Å². The largest absolute Gasteiger partial charge is 0.319 e. The summed E-state index contributed by atoms with van der Waals surface area (Å²) in [5.41, 5.74) is 2.80. The number of hydrogen-bond acceptors (Lipinski definition) is 4. The number of aryl methyl sites for hydroxylation is 1. The number of nitrogens with zero attached hydrogens (tertiary/aromatic N) is 2. The number of carbonyl (C=O) groups is 1. The lowest BCUT2D eigenvalue weighted by molar-refractivity contribution is 0.102. The predicted molar refractivity (Wildman–Crippen MR) is 136 cm³/mol. The normalized spacial score (nSPS) is 11.8. The van der Waals surface area contributed by atoms with Crippen LogP contribution >= 0.6 is 23.2 Å². The lowest BCUT2D eigenvalue weighted by Gasteiger charge is -2.10. The third kappa shape index (κ3) is 4.69. The molecule has 4 rings (SSSR count). The van der Waals surface area contributed by atoms with Crippen molar-refractivity contribution in [1.29, 1.82) is 0 Å². The number of anilines is 1. The van der Waals surface area contributed by atoms with E-state index in [1.807, 2.05) is 6.92 Å². The SMILES string of the molecule is Cc1ccc(S(=O)(=O)n2cc(CC(C)C)c3ccc(C(=O)Nc4c(Cl)cncc4Cl)cc32)cc1. The van der Waals surface area contributed by atoms with Crippen molar-refractivity contribution in [3.63, 3.8) is 0 Å². The molecule has 2 heterocycles. The van der Waals surface area contributed by atoms with Crippen LogP contribution < -0.4 is 5.32 Å². The third-order valence-corrected chi connectivity index (χ3v) is 7.68. The summed E-state index contributed by atoms with van der Waals surface area (Å²) in [5.74, 6) is -0.150. The molecule has 9 heteroatoms. The van der Waals surface area contributed by atoms with Crippen LogP contribution in [0.4, 0.5) is 5.69 Å². The van der Waals surface area contributed by atoms with Crippen LogP contribution in [-0.4, -0.2) is 23.3 Å². The molecule has 34 heavy (non-hydrogen) atoms. The van der Waals surface area contributed by atoms with E-state index in [0.29, 0.717) is 17.9 Å². The van der Waals surface area contributed by atoms with Crippen LogP contribution in [0.3, 0.4) is 0 Å². The number of aromatic nitrogens is 2. The van der Waals surface area contributed by atoms with Crippen molar-refractivity contribution in [1.82, 2.24) is 8.96 Å². The fourth-order valence-electron chi connectivity index (χ4n) is 3.75. The van der Waals surface area contributed by atoms with Gasteiger partial charge >= 0.3 is 0 Å². The van der Waals surface area contributed by atoms with E-state index >= 15 is 0 Å². The first kappa shape index (κ1) is 24.3. The summed E-state index contributed by atoms with van der Waals surface area (Å²) in [5, 5.41) is 3.87. The van der Waals surface area contributed by atoms with Gasteiger partial charge in [0, 0.05) is 29.5 Å². The Kier molecular flexibility index (Phi) is 6.71. The van der Waals surface area contributed by atoms with Gasteiger partial charge in [0.1, 0.15) is 0 Å². The fourth-order valence-corrected chi connectivity index (χ4v) is 5.59. The van der Waals surface area contributed by atoms with Gasteiger partial charge in [-0.15, -0.1) is 0 Å². The predicted octanol–water partition coefficient (Wildman–Crippen LogP) is 6.34. The van der Waals surface area contributed by atoms with Crippen molar-refractivity contribution in [3.05, 3.63) is 87.8 Å². The number of fused-ring (bicyclic) bond motifs is 1. The molecule has 0 radical (unpaired) electrons. The van der Waals surface area contributed by atoms with Gasteiger partial charge in [0.2, 0.25) is 0 Å². The van der Waals surface area contributed by atoms with Crippen LogP contribution in [0.2, 0.25) is 10.0 Å². The van der Waals surface area contributed by atoms with Gasteiger partial charge in [0.15, 0.2) is 0 Å².